The lowest BCUT2D eigenvalue weighted by molar-refractivity contribution is -0.146. The van der Waals surface area contributed by atoms with E-state index in [1.807, 2.05) is 24.3 Å². The third-order valence-corrected chi connectivity index (χ3v) is 5.72. The molecule has 0 saturated carbocycles. The van der Waals surface area contributed by atoms with Gasteiger partial charge >= 0.3 is 5.97 Å². The maximum Gasteiger partial charge on any atom is 0.326 e. The van der Waals surface area contributed by atoms with E-state index in [0.717, 1.165) is 17.0 Å². The Kier molecular flexibility index (Phi) is 6.74. The fraction of sp³-hybridized carbons (Fsp3) is 0.368. The first-order valence-corrected chi connectivity index (χ1v) is 10.1. The molecule has 0 radical (unpaired) electrons. The van der Waals surface area contributed by atoms with Crippen LogP contribution in [0.15, 0.2) is 41.3 Å². The lowest BCUT2D eigenvalue weighted by atomic mass is 10.2. The minimum absolute atomic E-state index is 0.0485. The summed E-state index contributed by atoms with van der Waals surface area (Å²) < 4.78 is 5.20. The number of aromatic nitrogens is 2. The second-order valence-electron chi connectivity index (χ2n) is 6.46. The Morgan fingerprint density at radius 1 is 1.29 bits per heavy atom. The Bertz CT molecular complexity index is 849. The van der Waals surface area contributed by atoms with E-state index in [0.29, 0.717) is 17.6 Å². The molecule has 0 spiro atoms. The van der Waals surface area contributed by atoms with Gasteiger partial charge in [-0.15, -0.1) is 22.0 Å². The average molecular weight is 421 g/mol. The summed E-state index contributed by atoms with van der Waals surface area (Å²) in [6.45, 7) is 2.40. The molecule has 0 bridgehead atoms. The molecule has 0 saturated heterocycles. The van der Waals surface area contributed by atoms with Gasteiger partial charge in [0.25, 0.3) is 5.91 Å². The number of fused-ring (bicyclic) bond motifs is 1. The van der Waals surface area contributed by atoms with Crippen LogP contribution in [0.2, 0.25) is 5.15 Å². The predicted octanol–water partition coefficient (Wildman–Crippen LogP) is 3.03. The average Bonchev–Trinajstić information content (AvgIpc) is 2.84. The third kappa shape index (κ3) is 5.14. The Morgan fingerprint density at radius 3 is 2.82 bits per heavy atom. The highest BCUT2D eigenvalue weighted by Crippen LogP contribution is 2.37. The number of benzene rings is 1. The molecule has 148 valence electrons. The zero-order valence-corrected chi connectivity index (χ0v) is 17.2. The fourth-order valence-corrected chi connectivity index (χ4v) is 4.01. The molecule has 1 amide bonds. The van der Waals surface area contributed by atoms with E-state index in [2.05, 4.69) is 17.1 Å². The van der Waals surface area contributed by atoms with Gasteiger partial charge in [0, 0.05) is 23.7 Å². The van der Waals surface area contributed by atoms with Crippen LogP contribution in [0.1, 0.15) is 13.3 Å². The molecule has 28 heavy (non-hydrogen) atoms. The van der Waals surface area contributed by atoms with E-state index >= 15 is 0 Å². The molecule has 1 aliphatic heterocycles. The molecule has 0 N–H and O–H groups in total. The second kappa shape index (κ2) is 9.25. The summed E-state index contributed by atoms with van der Waals surface area (Å²) in [5.41, 5.74) is 0.867. The number of hydrogen-bond acceptors (Lipinski definition) is 7. The third-order valence-electron chi connectivity index (χ3n) is 4.28. The predicted molar refractivity (Wildman–Crippen MR) is 110 cm³/mol. The number of thioether (sulfide) groups is 1. The van der Waals surface area contributed by atoms with Crippen molar-refractivity contribution in [1.82, 2.24) is 10.2 Å². The van der Waals surface area contributed by atoms with Crippen LogP contribution in [0.5, 0.6) is 0 Å². The Hall–Kier alpha value is -2.32. The molecule has 3 rings (SSSR count). The highest BCUT2D eigenvalue weighted by Gasteiger charge is 2.25. The van der Waals surface area contributed by atoms with E-state index in [-0.39, 0.29) is 24.2 Å². The van der Waals surface area contributed by atoms with E-state index < -0.39 is 5.97 Å². The molecule has 2 heterocycles. The van der Waals surface area contributed by atoms with Gasteiger partial charge in [-0.1, -0.05) is 30.7 Å². The van der Waals surface area contributed by atoms with Gasteiger partial charge in [-0.2, -0.15) is 0 Å². The molecule has 0 unspecified atom stereocenters. The summed E-state index contributed by atoms with van der Waals surface area (Å²) in [5, 5.41) is 8.33. The van der Waals surface area contributed by atoms with E-state index in [1.54, 1.807) is 40.7 Å². The van der Waals surface area contributed by atoms with Crippen molar-refractivity contribution in [2.75, 3.05) is 36.5 Å². The molecule has 7 nitrogen and oxygen atoms in total. The number of para-hydroxylation sites is 1. The molecule has 1 atom stereocenters. The quantitative estimate of drug-likeness (QED) is 0.688. The fourth-order valence-electron chi connectivity index (χ4n) is 2.80. The van der Waals surface area contributed by atoms with E-state index in [4.69, 9.17) is 16.3 Å². The zero-order valence-electron chi connectivity index (χ0n) is 15.7. The van der Waals surface area contributed by atoms with Crippen molar-refractivity contribution < 1.29 is 14.3 Å². The number of carbonyl (C=O) groups is 2. The monoisotopic (exact) mass is 420 g/mol. The smallest absolute Gasteiger partial charge is 0.326 e. The molecule has 2 aromatic rings. The Morgan fingerprint density at radius 2 is 2.07 bits per heavy atom. The number of hydrogen-bond donors (Lipinski definition) is 0. The van der Waals surface area contributed by atoms with Crippen molar-refractivity contribution in [2.24, 2.45) is 0 Å². The van der Waals surface area contributed by atoms with Crippen LogP contribution in [0.25, 0.3) is 0 Å². The number of halogens is 1. The molecule has 0 aliphatic carbocycles. The topological polar surface area (TPSA) is 75.6 Å². The molecule has 1 aromatic carbocycles. The van der Waals surface area contributed by atoms with Gasteiger partial charge in [0.1, 0.15) is 6.54 Å². The molecular weight excluding hydrogens is 400 g/mol. The molecule has 1 aliphatic rings. The summed E-state index contributed by atoms with van der Waals surface area (Å²) in [6.07, 6.45) is 0.872. The van der Waals surface area contributed by atoms with Crippen LogP contribution in [-0.4, -0.2) is 54.1 Å². The lowest BCUT2D eigenvalue weighted by Gasteiger charge is -2.22. The van der Waals surface area contributed by atoms with Crippen LogP contribution in [-0.2, 0) is 14.3 Å². The number of rotatable bonds is 5. The first kappa shape index (κ1) is 20.4. The first-order chi connectivity index (χ1) is 13.4. The van der Waals surface area contributed by atoms with Gasteiger partial charge in [-0.3, -0.25) is 9.59 Å². The standard InChI is InChI=1S/C19H21ClN4O3S/c1-13-9-10-24(14-5-3-4-6-15(14)28-13)18(25)12-27-19(26)11-23(2)17-8-7-16(20)21-22-17/h3-8,13H,9-12H2,1-2H3/t13-/m0/s1. The maximum atomic E-state index is 12.7. The number of nitrogens with zero attached hydrogens (tertiary/aromatic N) is 4. The molecule has 9 heteroatoms. The van der Waals surface area contributed by atoms with Gasteiger partial charge in [0.15, 0.2) is 17.6 Å². The summed E-state index contributed by atoms with van der Waals surface area (Å²) in [7, 11) is 1.69. The van der Waals surface area contributed by atoms with Gasteiger partial charge in [-0.05, 0) is 30.7 Å². The SMILES string of the molecule is C[C@H]1CCN(C(=O)COC(=O)CN(C)c2ccc(Cl)nn2)c2ccccc2S1. The van der Waals surface area contributed by atoms with Gasteiger partial charge in [0.05, 0.1) is 5.69 Å². The highest BCUT2D eigenvalue weighted by molar-refractivity contribution is 8.00. The zero-order chi connectivity index (χ0) is 20.1. The number of carbonyl (C=O) groups excluding carboxylic acids is 2. The normalized spacial score (nSPS) is 16.1. The van der Waals surface area contributed by atoms with Crippen molar-refractivity contribution in [3.8, 4) is 0 Å². The number of ether oxygens (including phenoxy) is 1. The highest BCUT2D eigenvalue weighted by atomic mass is 35.5. The Balaban J connectivity index is 1.57. The van der Waals surface area contributed by atoms with E-state index in [9.17, 15) is 9.59 Å². The summed E-state index contributed by atoms with van der Waals surface area (Å²) in [5.74, 6) is -0.261. The maximum absolute atomic E-state index is 12.7. The minimum Gasteiger partial charge on any atom is -0.454 e. The summed E-state index contributed by atoms with van der Waals surface area (Å²) in [4.78, 5) is 29.2. The van der Waals surface area contributed by atoms with Gasteiger partial charge in [-0.25, -0.2) is 0 Å². The van der Waals surface area contributed by atoms with Gasteiger partial charge < -0.3 is 14.5 Å². The van der Waals surface area contributed by atoms with Crippen molar-refractivity contribution in [1.29, 1.82) is 0 Å². The number of esters is 1. The summed E-state index contributed by atoms with van der Waals surface area (Å²) >= 11 is 7.46. The lowest BCUT2D eigenvalue weighted by Crippen LogP contribution is -2.37. The first-order valence-electron chi connectivity index (χ1n) is 8.86. The van der Waals surface area contributed by atoms with Crippen molar-refractivity contribution >= 4 is 46.7 Å². The van der Waals surface area contributed by atoms with Crippen LogP contribution >= 0.6 is 23.4 Å². The van der Waals surface area contributed by atoms with Crippen LogP contribution < -0.4 is 9.80 Å². The van der Waals surface area contributed by atoms with Gasteiger partial charge in [0.2, 0.25) is 0 Å². The minimum atomic E-state index is -0.515. The number of anilines is 2. The van der Waals surface area contributed by atoms with E-state index in [1.165, 1.54) is 0 Å². The summed E-state index contributed by atoms with van der Waals surface area (Å²) in [6, 6.07) is 11.0. The molecular formula is C19H21ClN4O3S. The molecule has 0 fully saturated rings. The Labute approximate surface area is 173 Å². The number of amides is 1. The van der Waals surface area contributed by atoms with Crippen LogP contribution in [0, 0.1) is 0 Å². The second-order valence-corrected chi connectivity index (χ2v) is 8.33. The van der Waals surface area contributed by atoms with Crippen LogP contribution in [0.3, 0.4) is 0 Å². The molecule has 1 aromatic heterocycles. The number of likely N-dealkylation sites (N-methyl/N-ethyl adjacent to an activating group) is 1. The van der Waals surface area contributed by atoms with Crippen LogP contribution in [0.4, 0.5) is 11.5 Å². The van der Waals surface area contributed by atoms with Crippen molar-refractivity contribution in [3.05, 3.63) is 41.6 Å². The largest absolute Gasteiger partial charge is 0.454 e. The van der Waals surface area contributed by atoms with Crippen molar-refractivity contribution in [3.63, 3.8) is 0 Å². The van der Waals surface area contributed by atoms with Crippen molar-refractivity contribution in [2.45, 2.75) is 23.5 Å².